The number of hydrogen-bond donors (Lipinski definition) is 2. The van der Waals surface area contributed by atoms with Gasteiger partial charge in [0.05, 0.1) is 5.69 Å². The number of sulfonamides is 1. The molecule has 1 aromatic carbocycles. The monoisotopic (exact) mass is 372 g/mol. The lowest BCUT2D eigenvalue weighted by Crippen LogP contribution is -2.15. The van der Waals surface area contributed by atoms with Crippen molar-refractivity contribution in [3.63, 3.8) is 0 Å². The van der Waals surface area contributed by atoms with Crippen LogP contribution >= 0.6 is 15.9 Å². The largest absolute Gasteiger partial charge is 0.381 e. The molecule has 2 aromatic rings. The predicted octanol–water partition coefficient (Wildman–Crippen LogP) is 2.61. The van der Waals surface area contributed by atoms with Crippen molar-refractivity contribution >= 4 is 37.5 Å². The zero-order valence-corrected chi connectivity index (χ0v) is 14.2. The Morgan fingerprint density at radius 3 is 2.67 bits per heavy atom. The number of anilines is 2. The van der Waals surface area contributed by atoms with Crippen LogP contribution in [0.2, 0.25) is 0 Å². The molecule has 0 amide bonds. The number of nitrogens with zero attached hydrogens (tertiary/aromatic N) is 2. The van der Waals surface area contributed by atoms with E-state index in [1.54, 1.807) is 12.1 Å². The summed E-state index contributed by atoms with van der Waals surface area (Å²) >= 11 is 3.38. The fraction of sp³-hybridized carbons (Fsp3) is 0.308. The molecule has 21 heavy (non-hydrogen) atoms. The number of nitrogens with two attached hydrogens (primary N) is 1. The quantitative estimate of drug-likeness (QED) is 0.843. The second kappa shape index (κ2) is 6.07. The van der Waals surface area contributed by atoms with E-state index in [9.17, 15) is 8.42 Å². The molecule has 1 heterocycles. The summed E-state index contributed by atoms with van der Waals surface area (Å²) in [7, 11) is -3.75. The highest BCUT2D eigenvalue weighted by Gasteiger charge is 2.22. The van der Waals surface area contributed by atoms with Crippen molar-refractivity contribution in [2.75, 3.05) is 10.5 Å². The number of nitrogen functional groups attached to an aromatic ring is 1. The summed E-state index contributed by atoms with van der Waals surface area (Å²) in [6.45, 7) is 4.38. The van der Waals surface area contributed by atoms with Gasteiger partial charge in [0.15, 0.2) is 5.82 Å². The highest BCUT2D eigenvalue weighted by molar-refractivity contribution is 9.10. The van der Waals surface area contributed by atoms with Gasteiger partial charge in [-0.3, -0.25) is 9.40 Å². The summed E-state index contributed by atoms with van der Waals surface area (Å²) < 4.78 is 29.9. The van der Waals surface area contributed by atoms with Gasteiger partial charge in [-0.25, -0.2) is 8.42 Å². The molecule has 8 heteroatoms. The Labute approximate surface area is 132 Å². The van der Waals surface area contributed by atoms with Crippen LogP contribution in [0.15, 0.2) is 33.8 Å². The van der Waals surface area contributed by atoms with Crippen LogP contribution in [0.5, 0.6) is 0 Å². The molecule has 0 unspecified atom stereocenters. The van der Waals surface area contributed by atoms with Crippen molar-refractivity contribution < 1.29 is 8.42 Å². The molecule has 0 spiro atoms. The van der Waals surface area contributed by atoms with Gasteiger partial charge in [-0.15, -0.1) is 0 Å². The van der Waals surface area contributed by atoms with Gasteiger partial charge in [0, 0.05) is 17.2 Å². The Morgan fingerprint density at radius 1 is 1.38 bits per heavy atom. The van der Waals surface area contributed by atoms with E-state index in [-0.39, 0.29) is 10.7 Å². The number of rotatable bonds is 5. The van der Waals surface area contributed by atoms with Crippen molar-refractivity contribution in [3.05, 3.63) is 34.4 Å². The first-order valence-electron chi connectivity index (χ1n) is 6.51. The highest BCUT2D eigenvalue weighted by atomic mass is 79.9. The fourth-order valence-electron chi connectivity index (χ4n) is 1.94. The summed E-state index contributed by atoms with van der Waals surface area (Å²) in [5.41, 5.74) is 7.14. The Balaban J connectivity index is 2.39. The summed E-state index contributed by atoms with van der Waals surface area (Å²) in [5, 5.41) is 3.96. The van der Waals surface area contributed by atoms with E-state index in [0.29, 0.717) is 18.7 Å². The molecule has 0 radical (unpaired) electrons. The molecular formula is C13H17BrN4O2S. The van der Waals surface area contributed by atoms with Gasteiger partial charge >= 0.3 is 0 Å². The molecule has 0 bridgehead atoms. The molecule has 0 aliphatic heterocycles. The summed E-state index contributed by atoms with van der Waals surface area (Å²) in [4.78, 5) is -0.00526. The van der Waals surface area contributed by atoms with Crippen molar-refractivity contribution in [1.29, 1.82) is 0 Å². The Bertz CT molecular complexity index is 756. The topological polar surface area (TPSA) is 90.0 Å². The van der Waals surface area contributed by atoms with Gasteiger partial charge in [0.25, 0.3) is 10.0 Å². The van der Waals surface area contributed by atoms with E-state index in [1.807, 2.05) is 19.9 Å². The van der Waals surface area contributed by atoms with E-state index < -0.39 is 10.0 Å². The van der Waals surface area contributed by atoms with Crippen LogP contribution in [0.1, 0.15) is 19.4 Å². The van der Waals surface area contributed by atoms with E-state index in [0.717, 1.165) is 10.0 Å². The minimum absolute atomic E-state index is 0.000454. The number of aryl methyl sites for hydroxylation is 2. The van der Waals surface area contributed by atoms with E-state index in [2.05, 4.69) is 25.8 Å². The van der Waals surface area contributed by atoms with Crippen LogP contribution in [-0.2, 0) is 23.0 Å². The zero-order chi connectivity index (χ0) is 15.6. The lowest BCUT2D eigenvalue weighted by atomic mass is 10.1. The molecule has 0 saturated carbocycles. The standard InChI is InChI=1S/C13H17BrN4O2S/c1-3-9-7-10(14)5-6-11(9)17-21(19,20)12-8-18(4-2)16-13(12)15/h5-8,17H,3-4H2,1-2H3,(H2,15,16). The van der Waals surface area contributed by atoms with Crippen molar-refractivity contribution in [2.45, 2.75) is 31.7 Å². The molecular weight excluding hydrogens is 356 g/mol. The molecule has 0 atom stereocenters. The lowest BCUT2D eigenvalue weighted by molar-refractivity contribution is 0.600. The number of nitrogens with one attached hydrogen (secondary N) is 1. The number of hydrogen-bond acceptors (Lipinski definition) is 4. The summed E-state index contributed by atoms with van der Waals surface area (Å²) in [6.07, 6.45) is 2.14. The Hall–Kier alpha value is -1.54. The van der Waals surface area contributed by atoms with Gasteiger partial charge in [0.2, 0.25) is 0 Å². The van der Waals surface area contributed by atoms with Crippen LogP contribution in [0.3, 0.4) is 0 Å². The molecule has 6 nitrogen and oxygen atoms in total. The first-order valence-corrected chi connectivity index (χ1v) is 8.79. The molecule has 114 valence electrons. The first-order chi connectivity index (χ1) is 9.87. The molecule has 1 aromatic heterocycles. The average Bonchev–Trinajstić information content (AvgIpc) is 2.82. The highest BCUT2D eigenvalue weighted by Crippen LogP contribution is 2.25. The van der Waals surface area contributed by atoms with Gasteiger partial charge in [-0.05, 0) is 37.1 Å². The smallest absolute Gasteiger partial charge is 0.267 e. The number of aromatic nitrogens is 2. The van der Waals surface area contributed by atoms with Crippen LogP contribution in [0.25, 0.3) is 0 Å². The number of halogens is 1. The SMILES string of the molecule is CCc1cc(Br)ccc1NS(=O)(=O)c1cn(CC)nc1N. The fourth-order valence-corrected chi connectivity index (χ4v) is 3.52. The van der Waals surface area contributed by atoms with Gasteiger partial charge in [-0.2, -0.15) is 5.10 Å². The van der Waals surface area contributed by atoms with Crippen molar-refractivity contribution in [2.24, 2.45) is 0 Å². The van der Waals surface area contributed by atoms with E-state index >= 15 is 0 Å². The average molecular weight is 373 g/mol. The second-order valence-corrected chi connectivity index (χ2v) is 7.06. The third-order valence-corrected chi connectivity index (χ3v) is 4.94. The maximum Gasteiger partial charge on any atom is 0.267 e. The zero-order valence-electron chi connectivity index (χ0n) is 11.8. The molecule has 3 N–H and O–H groups in total. The van der Waals surface area contributed by atoms with Crippen LogP contribution in [0, 0.1) is 0 Å². The van der Waals surface area contributed by atoms with E-state index in [1.165, 1.54) is 10.9 Å². The Kier molecular flexibility index (Phi) is 4.58. The minimum Gasteiger partial charge on any atom is -0.381 e. The summed E-state index contributed by atoms with van der Waals surface area (Å²) in [6, 6.07) is 5.40. The second-order valence-electron chi connectivity index (χ2n) is 4.49. The predicted molar refractivity (Wildman–Crippen MR) is 86.6 cm³/mol. The van der Waals surface area contributed by atoms with Gasteiger partial charge in [0.1, 0.15) is 4.90 Å². The van der Waals surface area contributed by atoms with Gasteiger partial charge < -0.3 is 5.73 Å². The summed E-state index contributed by atoms with van der Waals surface area (Å²) in [5.74, 6) is -0.000454. The maximum absolute atomic E-state index is 12.4. The minimum atomic E-state index is -3.75. The first kappa shape index (κ1) is 15.8. The molecule has 2 rings (SSSR count). The molecule has 0 saturated heterocycles. The van der Waals surface area contributed by atoms with Crippen LogP contribution in [-0.4, -0.2) is 18.2 Å². The Morgan fingerprint density at radius 2 is 2.10 bits per heavy atom. The molecule has 0 aliphatic rings. The van der Waals surface area contributed by atoms with E-state index in [4.69, 9.17) is 5.73 Å². The normalized spacial score (nSPS) is 11.6. The van der Waals surface area contributed by atoms with Crippen LogP contribution < -0.4 is 10.5 Å². The van der Waals surface area contributed by atoms with Gasteiger partial charge in [-0.1, -0.05) is 22.9 Å². The van der Waals surface area contributed by atoms with Crippen molar-refractivity contribution in [3.8, 4) is 0 Å². The lowest BCUT2D eigenvalue weighted by Gasteiger charge is -2.11. The van der Waals surface area contributed by atoms with Crippen LogP contribution in [0.4, 0.5) is 11.5 Å². The maximum atomic E-state index is 12.4. The third-order valence-electron chi connectivity index (χ3n) is 3.06. The number of benzene rings is 1. The molecule has 0 aliphatic carbocycles. The third kappa shape index (κ3) is 3.38. The van der Waals surface area contributed by atoms with Crippen molar-refractivity contribution in [1.82, 2.24) is 9.78 Å². The molecule has 0 fully saturated rings.